The molecule has 0 saturated carbocycles. The zero-order valence-electron chi connectivity index (χ0n) is 12.5. The van der Waals surface area contributed by atoms with E-state index >= 15 is 0 Å². The van der Waals surface area contributed by atoms with E-state index < -0.39 is 6.09 Å². The number of benzene rings is 2. The zero-order valence-corrected chi connectivity index (χ0v) is 12.5. The summed E-state index contributed by atoms with van der Waals surface area (Å²) in [5.74, 6) is 0.682. The zero-order chi connectivity index (χ0) is 15.8. The van der Waals surface area contributed by atoms with Crippen LogP contribution in [0, 0.1) is 6.92 Å². The fourth-order valence-corrected chi connectivity index (χ4v) is 1.80. The van der Waals surface area contributed by atoms with Crippen molar-refractivity contribution in [1.29, 1.82) is 0 Å². The summed E-state index contributed by atoms with van der Waals surface area (Å²) >= 11 is 0. The Hall–Kier alpha value is -2.75. The Morgan fingerprint density at radius 3 is 2.73 bits per heavy atom. The lowest BCUT2D eigenvalue weighted by Crippen LogP contribution is -2.13. The van der Waals surface area contributed by atoms with Gasteiger partial charge >= 0.3 is 6.09 Å². The smallest absolute Gasteiger partial charge is 0.411 e. The second-order valence-corrected chi connectivity index (χ2v) is 4.81. The molecule has 0 aliphatic carbocycles. The van der Waals surface area contributed by atoms with Crippen LogP contribution in [0.15, 0.2) is 61.2 Å². The van der Waals surface area contributed by atoms with Gasteiger partial charge in [-0.15, -0.1) is 0 Å². The maximum atomic E-state index is 11.5. The molecule has 1 N–H and O–H groups in total. The Balaban J connectivity index is 1.92. The van der Waals surface area contributed by atoms with E-state index in [1.165, 1.54) is 11.6 Å². The summed E-state index contributed by atoms with van der Waals surface area (Å²) in [4.78, 5) is 11.5. The highest BCUT2D eigenvalue weighted by molar-refractivity contribution is 5.84. The molecular weight excluding hydrogens is 278 g/mol. The van der Waals surface area contributed by atoms with Gasteiger partial charge in [0.2, 0.25) is 0 Å². The molecule has 0 unspecified atom stereocenters. The van der Waals surface area contributed by atoms with Crippen molar-refractivity contribution in [2.24, 2.45) is 0 Å². The lowest BCUT2D eigenvalue weighted by atomic mass is 10.2. The van der Waals surface area contributed by atoms with Crippen molar-refractivity contribution < 1.29 is 14.3 Å². The molecule has 22 heavy (non-hydrogen) atoms. The maximum absolute atomic E-state index is 11.5. The Kier molecular flexibility index (Phi) is 5.60. The van der Waals surface area contributed by atoms with Gasteiger partial charge in [0.25, 0.3) is 0 Å². The van der Waals surface area contributed by atoms with Gasteiger partial charge in [-0.1, -0.05) is 48.6 Å². The molecule has 0 aromatic heterocycles. The molecule has 4 heteroatoms. The van der Waals surface area contributed by atoms with Crippen LogP contribution < -0.4 is 10.1 Å². The number of anilines is 1. The molecule has 0 fully saturated rings. The SMILES string of the molecule is C=CCOC(=O)Nc1cccc(OCc2ccc(C)cc2)c1. The highest BCUT2D eigenvalue weighted by atomic mass is 16.5. The fraction of sp³-hybridized carbons (Fsp3) is 0.167. The van der Waals surface area contributed by atoms with E-state index in [1.807, 2.05) is 43.3 Å². The van der Waals surface area contributed by atoms with Gasteiger partial charge in [-0.2, -0.15) is 0 Å². The number of hydrogen-bond donors (Lipinski definition) is 1. The van der Waals surface area contributed by atoms with E-state index in [4.69, 9.17) is 9.47 Å². The van der Waals surface area contributed by atoms with Gasteiger partial charge in [0.15, 0.2) is 0 Å². The van der Waals surface area contributed by atoms with Gasteiger partial charge in [0.1, 0.15) is 19.0 Å². The molecule has 0 heterocycles. The third kappa shape index (κ3) is 4.98. The summed E-state index contributed by atoms with van der Waals surface area (Å²) in [5, 5.41) is 2.63. The van der Waals surface area contributed by atoms with Crippen molar-refractivity contribution in [3.05, 3.63) is 72.3 Å². The van der Waals surface area contributed by atoms with E-state index in [1.54, 1.807) is 12.1 Å². The number of rotatable bonds is 6. The standard InChI is InChI=1S/C18H19NO3/c1-3-11-21-18(20)19-16-5-4-6-17(12-16)22-13-15-9-7-14(2)8-10-15/h3-10,12H,1,11,13H2,2H3,(H,19,20). The summed E-state index contributed by atoms with van der Waals surface area (Å²) in [7, 11) is 0. The van der Waals surface area contributed by atoms with Crippen molar-refractivity contribution in [3.63, 3.8) is 0 Å². The van der Waals surface area contributed by atoms with Crippen LogP contribution in [0.4, 0.5) is 10.5 Å². The number of aryl methyl sites for hydroxylation is 1. The van der Waals surface area contributed by atoms with Crippen LogP contribution in [0.25, 0.3) is 0 Å². The molecule has 1 amide bonds. The summed E-state index contributed by atoms with van der Waals surface area (Å²) in [5.41, 5.74) is 2.93. The second-order valence-electron chi connectivity index (χ2n) is 4.81. The van der Waals surface area contributed by atoms with Crippen LogP contribution in [-0.2, 0) is 11.3 Å². The Morgan fingerprint density at radius 2 is 2.00 bits per heavy atom. The molecular formula is C18H19NO3. The van der Waals surface area contributed by atoms with E-state index in [0.717, 1.165) is 5.56 Å². The Bertz CT molecular complexity index is 635. The van der Waals surface area contributed by atoms with Crippen LogP contribution in [0.2, 0.25) is 0 Å². The lowest BCUT2D eigenvalue weighted by molar-refractivity contribution is 0.174. The van der Waals surface area contributed by atoms with E-state index in [-0.39, 0.29) is 6.61 Å². The van der Waals surface area contributed by atoms with Crippen molar-refractivity contribution >= 4 is 11.8 Å². The fourth-order valence-electron chi connectivity index (χ4n) is 1.80. The molecule has 0 aliphatic rings. The number of carbonyl (C=O) groups excluding carboxylic acids is 1. The average Bonchev–Trinajstić information content (AvgIpc) is 2.53. The van der Waals surface area contributed by atoms with Gasteiger partial charge < -0.3 is 9.47 Å². The second kappa shape index (κ2) is 7.88. The minimum atomic E-state index is -0.518. The first-order chi connectivity index (χ1) is 10.7. The van der Waals surface area contributed by atoms with Gasteiger partial charge in [0.05, 0.1) is 0 Å². The minimum Gasteiger partial charge on any atom is -0.489 e. The van der Waals surface area contributed by atoms with Crippen LogP contribution >= 0.6 is 0 Å². The Labute approximate surface area is 130 Å². The van der Waals surface area contributed by atoms with Crippen LogP contribution in [-0.4, -0.2) is 12.7 Å². The quantitative estimate of drug-likeness (QED) is 0.808. The van der Waals surface area contributed by atoms with Gasteiger partial charge in [-0.3, -0.25) is 5.32 Å². The van der Waals surface area contributed by atoms with Gasteiger partial charge in [0, 0.05) is 11.8 Å². The molecule has 2 rings (SSSR count). The number of nitrogens with one attached hydrogen (secondary N) is 1. The van der Waals surface area contributed by atoms with E-state index in [9.17, 15) is 4.79 Å². The van der Waals surface area contributed by atoms with Gasteiger partial charge in [-0.05, 0) is 24.6 Å². The number of hydrogen-bond acceptors (Lipinski definition) is 3. The molecule has 0 spiro atoms. The van der Waals surface area contributed by atoms with Crippen molar-refractivity contribution in [2.75, 3.05) is 11.9 Å². The molecule has 0 radical (unpaired) electrons. The molecule has 4 nitrogen and oxygen atoms in total. The summed E-state index contributed by atoms with van der Waals surface area (Å²) < 4.78 is 10.6. The molecule has 2 aromatic rings. The lowest BCUT2D eigenvalue weighted by Gasteiger charge is -2.09. The summed E-state index contributed by atoms with van der Waals surface area (Å²) in [6.45, 7) is 6.19. The summed E-state index contributed by atoms with van der Waals surface area (Å²) in [6.07, 6.45) is 0.997. The predicted octanol–water partition coefficient (Wildman–Crippen LogP) is 4.31. The van der Waals surface area contributed by atoms with E-state index in [0.29, 0.717) is 18.0 Å². The first kappa shape index (κ1) is 15.6. The molecule has 0 saturated heterocycles. The average molecular weight is 297 g/mol. The number of amides is 1. The first-order valence-electron chi connectivity index (χ1n) is 7.00. The predicted molar refractivity (Wildman–Crippen MR) is 87.1 cm³/mol. The number of carbonyl (C=O) groups is 1. The highest BCUT2D eigenvalue weighted by Gasteiger charge is 2.03. The highest BCUT2D eigenvalue weighted by Crippen LogP contribution is 2.19. The molecule has 2 aromatic carbocycles. The largest absolute Gasteiger partial charge is 0.489 e. The number of ether oxygens (including phenoxy) is 2. The normalized spacial score (nSPS) is 9.86. The third-order valence-electron chi connectivity index (χ3n) is 2.94. The van der Waals surface area contributed by atoms with Crippen LogP contribution in [0.3, 0.4) is 0 Å². The molecule has 0 aliphatic heterocycles. The third-order valence-corrected chi connectivity index (χ3v) is 2.94. The van der Waals surface area contributed by atoms with Crippen LogP contribution in [0.1, 0.15) is 11.1 Å². The Morgan fingerprint density at radius 1 is 1.23 bits per heavy atom. The monoisotopic (exact) mass is 297 g/mol. The maximum Gasteiger partial charge on any atom is 0.411 e. The van der Waals surface area contributed by atoms with Gasteiger partial charge in [-0.25, -0.2) is 4.79 Å². The first-order valence-corrected chi connectivity index (χ1v) is 7.00. The molecule has 0 atom stereocenters. The van der Waals surface area contributed by atoms with Crippen LogP contribution in [0.5, 0.6) is 5.75 Å². The summed E-state index contributed by atoms with van der Waals surface area (Å²) in [6, 6.07) is 15.3. The van der Waals surface area contributed by atoms with Crippen molar-refractivity contribution in [3.8, 4) is 5.75 Å². The van der Waals surface area contributed by atoms with Crippen molar-refractivity contribution in [1.82, 2.24) is 0 Å². The molecule has 114 valence electrons. The van der Waals surface area contributed by atoms with E-state index in [2.05, 4.69) is 11.9 Å². The molecule has 0 bridgehead atoms. The van der Waals surface area contributed by atoms with Crippen molar-refractivity contribution in [2.45, 2.75) is 13.5 Å². The minimum absolute atomic E-state index is 0.176. The topological polar surface area (TPSA) is 47.6 Å².